The van der Waals surface area contributed by atoms with Crippen LogP contribution in [-0.2, 0) is 32.5 Å². The number of carboxylic acids is 2. The van der Waals surface area contributed by atoms with E-state index in [9.17, 15) is 28.2 Å². The second-order valence-corrected chi connectivity index (χ2v) is 9.76. The molecule has 0 heterocycles. The Morgan fingerprint density at radius 3 is 1.77 bits per heavy atom. The highest BCUT2D eigenvalue weighted by molar-refractivity contribution is 7.85. The molecular formula is C26H29NO7S. The third-order valence-electron chi connectivity index (χ3n) is 5.39. The Balaban J connectivity index is 0.000000328. The molecule has 3 rings (SSSR count). The average Bonchev–Trinajstić information content (AvgIpc) is 2.80. The van der Waals surface area contributed by atoms with Gasteiger partial charge in [0.05, 0.1) is 10.8 Å². The first-order chi connectivity index (χ1) is 16.4. The quantitative estimate of drug-likeness (QED) is 0.326. The van der Waals surface area contributed by atoms with Gasteiger partial charge in [-0.05, 0) is 43.0 Å². The van der Waals surface area contributed by atoms with Crippen LogP contribution >= 0.6 is 0 Å². The predicted molar refractivity (Wildman–Crippen MR) is 132 cm³/mol. The SMILES string of the molecule is Cc1ccc(S(=O)(=O)O)cc1.N[C@@](Cc1ccccc1)(CC(Cc1ccccc1)C(=O)O)C(=O)O. The molecule has 0 saturated carbocycles. The summed E-state index contributed by atoms with van der Waals surface area (Å²) in [4.78, 5) is 23.3. The second-order valence-electron chi connectivity index (χ2n) is 8.34. The number of aliphatic carboxylic acids is 2. The van der Waals surface area contributed by atoms with Crippen molar-refractivity contribution < 1.29 is 32.8 Å². The van der Waals surface area contributed by atoms with Gasteiger partial charge in [0.15, 0.2) is 0 Å². The molecule has 0 bridgehead atoms. The van der Waals surface area contributed by atoms with Crippen molar-refractivity contribution in [2.45, 2.75) is 36.6 Å². The molecule has 9 heteroatoms. The van der Waals surface area contributed by atoms with Crippen LogP contribution in [0.25, 0.3) is 0 Å². The summed E-state index contributed by atoms with van der Waals surface area (Å²) in [6.07, 6.45) is 0.195. The Morgan fingerprint density at radius 2 is 1.34 bits per heavy atom. The van der Waals surface area contributed by atoms with E-state index in [1.54, 1.807) is 36.4 Å². The van der Waals surface area contributed by atoms with Gasteiger partial charge in [0, 0.05) is 6.42 Å². The van der Waals surface area contributed by atoms with Crippen molar-refractivity contribution >= 4 is 22.1 Å². The molecule has 0 amide bonds. The first-order valence-corrected chi connectivity index (χ1v) is 12.2. The Morgan fingerprint density at radius 1 is 0.857 bits per heavy atom. The van der Waals surface area contributed by atoms with E-state index in [1.807, 2.05) is 43.3 Å². The van der Waals surface area contributed by atoms with Crippen LogP contribution in [0.3, 0.4) is 0 Å². The number of hydrogen-bond acceptors (Lipinski definition) is 5. The van der Waals surface area contributed by atoms with Crippen molar-refractivity contribution in [3.8, 4) is 0 Å². The first kappa shape index (κ1) is 27.7. The highest BCUT2D eigenvalue weighted by atomic mass is 32.2. The lowest BCUT2D eigenvalue weighted by Gasteiger charge is -2.28. The lowest BCUT2D eigenvalue weighted by atomic mass is 9.81. The molecule has 8 nitrogen and oxygen atoms in total. The zero-order valence-corrected chi connectivity index (χ0v) is 20.1. The van der Waals surface area contributed by atoms with E-state index in [0.29, 0.717) is 0 Å². The Hall–Kier alpha value is -3.53. The van der Waals surface area contributed by atoms with Crippen molar-refractivity contribution in [3.05, 3.63) is 102 Å². The highest BCUT2D eigenvalue weighted by Gasteiger charge is 2.39. The van der Waals surface area contributed by atoms with Crippen molar-refractivity contribution in [1.82, 2.24) is 0 Å². The number of rotatable bonds is 9. The van der Waals surface area contributed by atoms with Gasteiger partial charge >= 0.3 is 11.9 Å². The monoisotopic (exact) mass is 499 g/mol. The molecule has 35 heavy (non-hydrogen) atoms. The molecule has 0 spiro atoms. The van der Waals surface area contributed by atoms with Crippen LogP contribution in [0.1, 0.15) is 23.1 Å². The molecule has 0 saturated heterocycles. The van der Waals surface area contributed by atoms with E-state index in [2.05, 4.69) is 0 Å². The maximum atomic E-state index is 11.7. The van der Waals surface area contributed by atoms with Crippen molar-refractivity contribution in [1.29, 1.82) is 0 Å². The van der Waals surface area contributed by atoms with Crippen molar-refractivity contribution in [3.63, 3.8) is 0 Å². The third-order valence-corrected chi connectivity index (χ3v) is 6.26. The summed E-state index contributed by atoms with van der Waals surface area (Å²) in [5.41, 5.74) is 7.05. The van der Waals surface area contributed by atoms with Gasteiger partial charge in [-0.2, -0.15) is 8.42 Å². The minimum absolute atomic E-state index is 0.0666. The van der Waals surface area contributed by atoms with E-state index in [0.717, 1.165) is 16.7 Å². The summed E-state index contributed by atoms with van der Waals surface area (Å²) in [6.45, 7) is 1.84. The van der Waals surface area contributed by atoms with Gasteiger partial charge in [0.25, 0.3) is 10.1 Å². The second kappa shape index (κ2) is 12.3. The van der Waals surface area contributed by atoms with E-state index < -0.39 is 33.5 Å². The molecular weight excluding hydrogens is 470 g/mol. The van der Waals surface area contributed by atoms with Gasteiger partial charge in [0.1, 0.15) is 5.54 Å². The fourth-order valence-electron chi connectivity index (χ4n) is 3.49. The molecule has 0 fully saturated rings. The van der Waals surface area contributed by atoms with Crippen LogP contribution in [0, 0.1) is 12.8 Å². The molecule has 186 valence electrons. The minimum Gasteiger partial charge on any atom is -0.481 e. The number of aryl methyl sites for hydroxylation is 1. The molecule has 3 aromatic carbocycles. The topological polar surface area (TPSA) is 155 Å². The van der Waals surface area contributed by atoms with Gasteiger partial charge < -0.3 is 15.9 Å². The summed E-state index contributed by atoms with van der Waals surface area (Å²) in [5, 5.41) is 19.1. The smallest absolute Gasteiger partial charge is 0.324 e. The summed E-state index contributed by atoms with van der Waals surface area (Å²) in [6, 6.07) is 24.1. The zero-order chi connectivity index (χ0) is 26.1. The number of carboxylic acid groups (broad SMARTS) is 2. The molecule has 3 aromatic rings. The van der Waals surface area contributed by atoms with E-state index in [1.165, 1.54) is 12.1 Å². The Kier molecular flexibility index (Phi) is 9.70. The number of benzene rings is 3. The van der Waals surface area contributed by atoms with E-state index in [-0.39, 0.29) is 24.2 Å². The fraction of sp³-hybridized carbons (Fsp3) is 0.231. The fourth-order valence-corrected chi connectivity index (χ4v) is 3.97. The molecule has 2 atom stereocenters. The lowest BCUT2D eigenvalue weighted by Crippen LogP contribution is -2.52. The van der Waals surface area contributed by atoms with Crippen molar-refractivity contribution in [2.24, 2.45) is 11.7 Å². The molecule has 0 aliphatic rings. The number of nitrogens with two attached hydrogens (primary N) is 1. The maximum Gasteiger partial charge on any atom is 0.324 e. The predicted octanol–water partition coefficient (Wildman–Crippen LogP) is 3.59. The molecule has 1 unspecified atom stereocenters. The molecule has 0 aromatic heterocycles. The molecule has 0 radical (unpaired) electrons. The largest absolute Gasteiger partial charge is 0.481 e. The summed E-state index contributed by atoms with van der Waals surface area (Å²) < 4.78 is 29.6. The first-order valence-electron chi connectivity index (χ1n) is 10.8. The third kappa shape index (κ3) is 8.97. The van der Waals surface area contributed by atoms with Gasteiger partial charge in [-0.1, -0.05) is 78.4 Å². The van der Waals surface area contributed by atoms with Crippen LogP contribution in [-0.4, -0.2) is 40.7 Å². The van der Waals surface area contributed by atoms with Crippen LogP contribution in [0.5, 0.6) is 0 Å². The van der Waals surface area contributed by atoms with Crippen molar-refractivity contribution in [2.75, 3.05) is 0 Å². The summed E-state index contributed by atoms with van der Waals surface area (Å²) >= 11 is 0. The minimum atomic E-state index is -4.02. The van der Waals surface area contributed by atoms with Crippen LogP contribution in [0.4, 0.5) is 0 Å². The molecule has 0 aliphatic heterocycles. The number of hydrogen-bond donors (Lipinski definition) is 4. The molecule has 5 N–H and O–H groups in total. The normalized spacial score (nSPS) is 13.6. The summed E-state index contributed by atoms with van der Waals surface area (Å²) in [7, 11) is -4.02. The number of carbonyl (C=O) groups is 2. The Bertz CT molecular complexity index is 1210. The van der Waals surface area contributed by atoms with Crippen LogP contribution in [0.15, 0.2) is 89.8 Å². The zero-order valence-electron chi connectivity index (χ0n) is 19.2. The summed E-state index contributed by atoms with van der Waals surface area (Å²) in [5.74, 6) is -3.09. The van der Waals surface area contributed by atoms with E-state index >= 15 is 0 Å². The van der Waals surface area contributed by atoms with Gasteiger partial charge in [-0.3, -0.25) is 14.1 Å². The maximum absolute atomic E-state index is 11.7. The highest BCUT2D eigenvalue weighted by Crippen LogP contribution is 2.24. The molecule has 0 aliphatic carbocycles. The average molecular weight is 500 g/mol. The van der Waals surface area contributed by atoms with Crippen LogP contribution < -0.4 is 5.73 Å². The Labute approximate surface area is 204 Å². The van der Waals surface area contributed by atoms with Gasteiger partial charge in [0.2, 0.25) is 0 Å². The van der Waals surface area contributed by atoms with Gasteiger partial charge in [-0.15, -0.1) is 0 Å². The van der Waals surface area contributed by atoms with Crippen LogP contribution in [0.2, 0.25) is 0 Å². The standard InChI is InChI=1S/C19H21NO4.C7H8O3S/c20-19(18(23)24,12-15-9-5-2-6-10-15)13-16(17(21)22)11-14-7-3-1-4-8-14;1-6-2-4-7(5-3-6)11(8,9)10/h1-10,16H,11-13,20H2,(H,21,22)(H,23,24);2-5H,1H3,(H,8,9,10)/t16?,19-;/m0./s1. The van der Waals surface area contributed by atoms with Gasteiger partial charge in [-0.25, -0.2) is 0 Å². The lowest BCUT2D eigenvalue weighted by molar-refractivity contribution is -0.147. The van der Waals surface area contributed by atoms with E-state index in [4.69, 9.17) is 10.3 Å².